The number of rotatable bonds is 1. The van der Waals surface area contributed by atoms with Gasteiger partial charge in [-0.2, -0.15) is 0 Å². The topological polar surface area (TPSA) is 49.3 Å². The molecule has 1 amide bonds. The number of phenolic OH excluding ortho intramolecular Hbond substituents is 1. The molecule has 82 valence electrons. The van der Waals surface area contributed by atoms with E-state index in [4.69, 9.17) is 0 Å². The summed E-state index contributed by atoms with van der Waals surface area (Å²) in [7, 11) is 0. The predicted molar refractivity (Wildman–Crippen MR) is 60.1 cm³/mol. The second-order valence-corrected chi connectivity index (χ2v) is 4.68. The number of phenols is 1. The number of aryl methyl sites for hydroxylation is 1. The zero-order chi connectivity index (χ0) is 11.6. The fraction of sp³-hybridized carbons (Fsp3) is 0.417. The lowest BCUT2D eigenvalue weighted by Crippen LogP contribution is -2.40. The van der Waals surface area contributed by atoms with Crippen molar-refractivity contribution in [1.82, 2.24) is 5.32 Å². The van der Waals surface area contributed by atoms with E-state index in [1.807, 2.05) is 20.8 Å². The van der Waals surface area contributed by atoms with Crippen molar-refractivity contribution < 1.29 is 9.90 Å². The fourth-order valence-corrected chi connectivity index (χ4v) is 1.25. The van der Waals surface area contributed by atoms with E-state index in [1.54, 1.807) is 25.1 Å². The van der Waals surface area contributed by atoms with Crippen LogP contribution in [-0.4, -0.2) is 16.6 Å². The number of hydrogen-bond acceptors (Lipinski definition) is 2. The highest BCUT2D eigenvalue weighted by atomic mass is 16.3. The van der Waals surface area contributed by atoms with Gasteiger partial charge in [0.25, 0.3) is 5.91 Å². The standard InChI is InChI=1S/C12H17NO2/c1-8-6-5-7-9(10(8)14)11(15)13-12(2,3)4/h5-7,14H,1-4H3,(H,13,15). The summed E-state index contributed by atoms with van der Waals surface area (Å²) in [5.74, 6) is -0.192. The highest BCUT2D eigenvalue weighted by Gasteiger charge is 2.18. The molecule has 15 heavy (non-hydrogen) atoms. The minimum absolute atomic E-state index is 0.0549. The van der Waals surface area contributed by atoms with Gasteiger partial charge in [0.2, 0.25) is 0 Å². The van der Waals surface area contributed by atoms with Crippen molar-refractivity contribution in [3.05, 3.63) is 29.3 Å². The normalized spacial score (nSPS) is 11.2. The molecule has 0 spiro atoms. The quantitative estimate of drug-likeness (QED) is 0.742. The van der Waals surface area contributed by atoms with Crippen LogP contribution in [-0.2, 0) is 0 Å². The van der Waals surface area contributed by atoms with Crippen molar-refractivity contribution >= 4 is 5.91 Å². The zero-order valence-electron chi connectivity index (χ0n) is 9.59. The molecule has 0 heterocycles. The van der Waals surface area contributed by atoms with E-state index < -0.39 is 0 Å². The minimum Gasteiger partial charge on any atom is -0.507 e. The maximum Gasteiger partial charge on any atom is 0.255 e. The molecule has 3 heteroatoms. The molecule has 0 bridgehead atoms. The van der Waals surface area contributed by atoms with Gasteiger partial charge in [0.05, 0.1) is 5.56 Å². The number of benzene rings is 1. The molecule has 0 aromatic heterocycles. The van der Waals surface area contributed by atoms with Crippen molar-refractivity contribution in [2.45, 2.75) is 33.2 Å². The molecule has 1 aromatic carbocycles. The fourth-order valence-electron chi connectivity index (χ4n) is 1.25. The minimum atomic E-state index is -0.298. The van der Waals surface area contributed by atoms with Gasteiger partial charge in [-0.25, -0.2) is 0 Å². The average molecular weight is 207 g/mol. The van der Waals surface area contributed by atoms with Gasteiger partial charge >= 0.3 is 0 Å². The van der Waals surface area contributed by atoms with Gasteiger partial charge in [-0.1, -0.05) is 12.1 Å². The summed E-state index contributed by atoms with van der Waals surface area (Å²) < 4.78 is 0. The maximum absolute atomic E-state index is 11.8. The van der Waals surface area contributed by atoms with Gasteiger partial charge in [-0.3, -0.25) is 4.79 Å². The van der Waals surface area contributed by atoms with Crippen LogP contribution in [0.15, 0.2) is 18.2 Å². The first-order chi connectivity index (χ1) is 6.81. The van der Waals surface area contributed by atoms with E-state index >= 15 is 0 Å². The lowest BCUT2D eigenvalue weighted by Gasteiger charge is -2.21. The number of aromatic hydroxyl groups is 1. The second-order valence-electron chi connectivity index (χ2n) is 4.68. The molecule has 0 aliphatic heterocycles. The number of amides is 1. The van der Waals surface area contributed by atoms with Gasteiger partial charge < -0.3 is 10.4 Å². The van der Waals surface area contributed by atoms with E-state index in [2.05, 4.69) is 5.32 Å². The van der Waals surface area contributed by atoms with E-state index in [1.165, 1.54) is 0 Å². The van der Waals surface area contributed by atoms with Crippen molar-refractivity contribution in [2.75, 3.05) is 0 Å². The first-order valence-electron chi connectivity index (χ1n) is 4.92. The number of nitrogens with one attached hydrogen (secondary N) is 1. The van der Waals surface area contributed by atoms with Crippen molar-refractivity contribution in [3.8, 4) is 5.75 Å². The first kappa shape index (κ1) is 11.6. The Morgan fingerprint density at radius 1 is 1.33 bits per heavy atom. The maximum atomic E-state index is 11.8. The summed E-state index contributed by atoms with van der Waals surface area (Å²) in [4.78, 5) is 11.8. The molecule has 0 saturated heterocycles. The molecule has 0 saturated carbocycles. The van der Waals surface area contributed by atoms with Gasteiger partial charge in [0, 0.05) is 5.54 Å². The van der Waals surface area contributed by atoms with Crippen LogP contribution in [0.2, 0.25) is 0 Å². The Balaban J connectivity index is 2.97. The molecule has 1 aromatic rings. The van der Waals surface area contributed by atoms with Crippen molar-refractivity contribution in [3.63, 3.8) is 0 Å². The van der Waals surface area contributed by atoms with Crippen LogP contribution in [0.5, 0.6) is 5.75 Å². The third kappa shape index (κ3) is 2.98. The van der Waals surface area contributed by atoms with Gasteiger partial charge in [0.1, 0.15) is 5.75 Å². The molecule has 0 atom stereocenters. The Bertz CT molecular complexity index is 378. The van der Waals surface area contributed by atoms with Crippen molar-refractivity contribution in [2.24, 2.45) is 0 Å². The largest absolute Gasteiger partial charge is 0.507 e. The van der Waals surface area contributed by atoms with Gasteiger partial charge in [0.15, 0.2) is 0 Å². The van der Waals surface area contributed by atoms with E-state index in [-0.39, 0.29) is 17.2 Å². The van der Waals surface area contributed by atoms with Gasteiger partial charge in [-0.05, 0) is 39.3 Å². The summed E-state index contributed by atoms with van der Waals surface area (Å²) >= 11 is 0. The SMILES string of the molecule is Cc1cccc(C(=O)NC(C)(C)C)c1O. The molecule has 0 radical (unpaired) electrons. The summed E-state index contributed by atoms with van der Waals surface area (Å²) in [5, 5.41) is 12.5. The molecule has 0 unspecified atom stereocenters. The Morgan fingerprint density at radius 2 is 1.93 bits per heavy atom. The van der Waals surface area contributed by atoms with Crippen molar-refractivity contribution in [1.29, 1.82) is 0 Å². The molecule has 3 nitrogen and oxygen atoms in total. The molecule has 1 rings (SSSR count). The van der Waals surface area contributed by atoms with E-state index in [0.29, 0.717) is 11.1 Å². The Kier molecular flexibility index (Phi) is 3.03. The monoisotopic (exact) mass is 207 g/mol. The van der Waals surface area contributed by atoms with Gasteiger partial charge in [-0.15, -0.1) is 0 Å². The van der Waals surface area contributed by atoms with Crippen LogP contribution in [0.25, 0.3) is 0 Å². The Hall–Kier alpha value is -1.51. The number of carbonyl (C=O) groups excluding carboxylic acids is 1. The lowest BCUT2D eigenvalue weighted by molar-refractivity contribution is 0.0916. The summed E-state index contributed by atoms with van der Waals surface area (Å²) in [6.07, 6.45) is 0. The second kappa shape index (κ2) is 3.93. The molecule has 0 aliphatic rings. The van der Waals surface area contributed by atoms with Crippen LogP contribution >= 0.6 is 0 Å². The Morgan fingerprint density at radius 3 is 2.47 bits per heavy atom. The summed E-state index contributed by atoms with van der Waals surface area (Å²) in [5.41, 5.74) is 0.731. The van der Waals surface area contributed by atoms with E-state index in [0.717, 1.165) is 0 Å². The summed E-state index contributed by atoms with van der Waals surface area (Å²) in [6, 6.07) is 5.14. The number of hydrogen-bond donors (Lipinski definition) is 2. The van der Waals surface area contributed by atoms with Crippen LogP contribution in [0.3, 0.4) is 0 Å². The lowest BCUT2D eigenvalue weighted by atomic mass is 10.1. The third-order valence-corrected chi connectivity index (χ3v) is 1.97. The molecular formula is C12H17NO2. The molecular weight excluding hydrogens is 190 g/mol. The van der Waals surface area contributed by atoms with Crippen LogP contribution < -0.4 is 5.32 Å². The average Bonchev–Trinajstić information content (AvgIpc) is 2.06. The number of carbonyl (C=O) groups is 1. The zero-order valence-corrected chi connectivity index (χ0v) is 9.59. The molecule has 0 aliphatic carbocycles. The highest BCUT2D eigenvalue weighted by molar-refractivity contribution is 5.97. The van der Waals surface area contributed by atoms with Crippen LogP contribution in [0.4, 0.5) is 0 Å². The Labute approximate surface area is 90.1 Å². The summed E-state index contributed by atoms with van der Waals surface area (Å²) in [6.45, 7) is 7.47. The number of para-hydroxylation sites is 1. The highest BCUT2D eigenvalue weighted by Crippen LogP contribution is 2.21. The predicted octanol–water partition coefficient (Wildman–Crippen LogP) is 2.23. The van der Waals surface area contributed by atoms with Crippen LogP contribution in [0.1, 0.15) is 36.7 Å². The molecule has 2 N–H and O–H groups in total. The van der Waals surface area contributed by atoms with Crippen LogP contribution in [0, 0.1) is 6.92 Å². The van der Waals surface area contributed by atoms with E-state index in [9.17, 15) is 9.90 Å². The smallest absolute Gasteiger partial charge is 0.255 e. The first-order valence-corrected chi connectivity index (χ1v) is 4.92. The molecule has 0 fully saturated rings. The third-order valence-electron chi connectivity index (χ3n) is 1.97.